The molecule has 0 aliphatic carbocycles. The van der Waals surface area contributed by atoms with Gasteiger partial charge in [-0.2, -0.15) is 0 Å². The van der Waals surface area contributed by atoms with Crippen molar-refractivity contribution in [1.82, 2.24) is 0 Å². The minimum absolute atomic E-state index is 0.0376. The van der Waals surface area contributed by atoms with Gasteiger partial charge in [-0.15, -0.1) is 0 Å². The van der Waals surface area contributed by atoms with Crippen molar-refractivity contribution in [2.45, 2.75) is 45.1 Å². The highest BCUT2D eigenvalue weighted by Gasteiger charge is 2.14. The Balaban J connectivity index is 3.55. The minimum Gasteiger partial charge on any atom is -0.481 e. The van der Waals surface area contributed by atoms with E-state index in [9.17, 15) is 9.59 Å². The lowest BCUT2D eigenvalue weighted by molar-refractivity contribution is -0.146. The van der Waals surface area contributed by atoms with Crippen LogP contribution < -0.4 is 5.73 Å². The highest BCUT2D eigenvalue weighted by atomic mass is 16.5. The van der Waals surface area contributed by atoms with Crippen molar-refractivity contribution in [3.63, 3.8) is 0 Å². The van der Waals surface area contributed by atoms with Gasteiger partial charge >= 0.3 is 11.9 Å². The van der Waals surface area contributed by atoms with Crippen LogP contribution in [0.3, 0.4) is 0 Å². The molecule has 0 bridgehead atoms. The second-order valence-corrected chi connectivity index (χ2v) is 3.41. The number of carboxylic acid groups (broad SMARTS) is 1. The van der Waals surface area contributed by atoms with Crippen molar-refractivity contribution in [3.8, 4) is 0 Å². The van der Waals surface area contributed by atoms with E-state index >= 15 is 0 Å². The summed E-state index contributed by atoms with van der Waals surface area (Å²) in [6.07, 6.45) is 2.59. The van der Waals surface area contributed by atoms with Crippen molar-refractivity contribution in [3.05, 3.63) is 0 Å². The van der Waals surface area contributed by atoms with Crippen LogP contribution in [0.2, 0.25) is 0 Å². The van der Waals surface area contributed by atoms with Gasteiger partial charge in [-0.25, -0.2) is 0 Å². The van der Waals surface area contributed by atoms with Gasteiger partial charge in [0.1, 0.15) is 6.04 Å². The lowest BCUT2D eigenvalue weighted by Crippen LogP contribution is -2.32. The van der Waals surface area contributed by atoms with Crippen LogP contribution in [0.15, 0.2) is 0 Å². The third kappa shape index (κ3) is 7.93. The minimum atomic E-state index is -0.874. The Morgan fingerprint density at radius 1 is 1.40 bits per heavy atom. The Morgan fingerprint density at radius 2 is 2.07 bits per heavy atom. The number of ether oxygens (including phenoxy) is 1. The number of aliphatic carboxylic acids is 1. The highest BCUT2D eigenvalue weighted by molar-refractivity contribution is 5.75. The largest absolute Gasteiger partial charge is 0.481 e. The van der Waals surface area contributed by atoms with E-state index in [-0.39, 0.29) is 6.42 Å². The van der Waals surface area contributed by atoms with Gasteiger partial charge in [-0.1, -0.05) is 13.3 Å². The molecule has 15 heavy (non-hydrogen) atoms. The van der Waals surface area contributed by atoms with E-state index in [1.807, 2.05) is 6.92 Å². The molecule has 0 heterocycles. The number of nitrogens with two attached hydrogens (primary N) is 1. The summed E-state index contributed by atoms with van der Waals surface area (Å²) in [5.74, 6) is -1.31. The Labute approximate surface area is 89.6 Å². The van der Waals surface area contributed by atoms with E-state index in [1.54, 1.807) is 0 Å². The second-order valence-electron chi connectivity index (χ2n) is 3.41. The summed E-state index contributed by atoms with van der Waals surface area (Å²) in [6.45, 7) is 2.39. The molecule has 3 N–H and O–H groups in total. The zero-order chi connectivity index (χ0) is 11.7. The fourth-order valence-corrected chi connectivity index (χ4v) is 1.02. The fourth-order valence-electron chi connectivity index (χ4n) is 1.02. The van der Waals surface area contributed by atoms with Crippen molar-refractivity contribution in [1.29, 1.82) is 0 Å². The maximum Gasteiger partial charge on any atom is 0.322 e. The molecular weight excluding hydrogens is 198 g/mol. The number of hydrogen-bond donors (Lipinski definition) is 2. The van der Waals surface area contributed by atoms with Crippen molar-refractivity contribution in [2.75, 3.05) is 6.61 Å². The zero-order valence-electron chi connectivity index (χ0n) is 9.07. The Morgan fingerprint density at radius 3 is 2.60 bits per heavy atom. The quantitative estimate of drug-likeness (QED) is 0.466. The first-order chi connectivity index (χ1) is 7.07. The van der Waals surface area contributed by atoms with Gasteiger partial charge in [-0.3, -0.25) is 9.59 Å². The maximum absolute atomic E-state index is 11.2. The molecule has 0 aromatic carbocycles. The lowest BCUT2D eigenvalue weighted by Gasteiger charge is -2.10. The highest BCUT2D eigenvalue weighted by Crippen LogP contribution is 2.01. The molecule has 0 radical (unpaired) electrons. The van der Waals surface area contributed by atoms with E-state index < -0.39 is 18.0 Å². The maximum atomic E-state index is 11.2. The molecule has 0 spiro atoms. The summed E-state index contributed by atoms with van der Waals surface area (Å²) in [6, 6.07) is -0.693. The Bertz CT molecular complexity index is 206. The molecule has 1 unspecified atom stereocenters. The first-order valence-electron chi connectivity index (χ1n) is 5.22. The fraction of sp³-hybridized carbons (Fsp3) is 0.800. The van der Waals surface area contributed by atoms with Crippen LogP contribution in [0.4, 0.5) is 0 Å². The van der Waals surface area contributed by atoms with E-state index in [0.717, 1.165) is 12.8 Å². The number of esters is 1. The van der Waals surface area contributed by atoms with Gasteiger partial charge < -0.3 is 15.6 Å². The van der Waals surface area contributed by atoms with Gasteiger partial charge in [0.2, 0.25) is 0 Å². The SMILES string of the molecule is CCCCOC(=O)C(N)CCCC(=O)O. The van der Waals surface area contributed by atoms with E-state index in [2.05, 4.69) is 0 Å². The van der Waals surface area contributed by atoms with E-state index in [4.69, 9.17) is 15.6 Å². The molecule has 0 saturated heterocycles. The van der Waals surface area contributed by atoms with Crippen molar-refractivity contribution < 1.29 is 19.4 Å². The first-order valence-corrected chi connectivity index (χ1v) is 5.22. The van der Waals surface area contributed by atoms with Crippen LogP contribution in [0.25, 0.3) is 0 Å². The number of carboxylic acids is 1. The smallest absolute Gasteiger partial charge is 0.322 e. The van der Waals surface area contributed by atoms with Crippen LogP contribution in [-0.4, -0.2) is 29.7 Å². The van der Waals surface area contributed by atoms with Crippen molar-refractivity contribution in [2.24, 2.45) is 5.73 Å². The summed E-state index contributed by atoms with van der Waals surface area (Å²) < 4.78 is 4.89. The predicted molar refractivity (Wildman–Crippen MR) is 55.3 cm³/mol. The molecule has 0 fully saturated rings. The molecule has 5 nitrogen and oxygen atoms in total. The van der Waals surface area contributed by atoms with Crippen LogP contribution in [0, 0.1) is 0 Å². The molecule has 0 amide bonds. The molecule has 1 atom stereocenters. The standard InChI is InChI=1S/C10H19NO4/c1-2-3-7-15-10(14)8(11)5-4-6-9(12)13/h8H,2-7,11H2,1H3,(H,12,13). The third-order valence-corrected chi connectivity index (χ3v) is 1.95. The Hall–Kier alpha value is -1.10. The average Bonchev–Trinajstić information content (AvgIpc) is 2.17. The first kappa shape index (κ1) is 13.9. The van der Waals surface area contributed by atoms with E-state index in [0.29, 0.717) is 19.4 Å². The van der Waals surface area contributed by atoms with Crippen molar-refractivity contribution >= 4 is 11.9 Å². The van der Waals surface area contributed by atoms with Gasteiger partial charge in [0.15, 0.2) is 0 Å². The molecule has 88 valence electrons. The van der Waals surface area contributed by atoms with Gasteiger partial charge in [0.05, 0.1) is 6.61 Å². The number of hydrogen-bond acceptors (Lipinski definition) is 4. The molecular formula is C10H19NO4. The molecule has 0 aliphatic heterocycles. The molecule has 5 heteroatoms. The summed E-state index contributed by atoms with van der Waals surface area (Å²) >= 11 is 0. The molecule has 0 saturated carbocycles. The van der Waals surface area contributed by atoms with Gasteiger partial charge in [0.25, 0.3) is 0 Å². The summed E-state index contributed by atoms with van der Waals surface area (Å²) in [4.78, 5) is 21.4. The number of rotatable bonds is 8. The van der Waals surface area contributed by atoms with Crippen LogP contribution in [0.1, 0.15) is 39.0 Å². The molecule has 0 aromatic heterocycles. The average molecular weight is 217 g/mol. The summed E-state index contributed by atoms with van der Waals surface area (Å²) in [5, 5.41) is 8.38. The van der Waals surface area contributed by atoms with Crippen LogP contribution in [0.5, 0.6) is 0 Å². The van der Waals surface area contributed by atoms with Crippen LogP contribution in [-0.2, 0) is 14.3 Å². The number of unbranched alkanes of at least 4 members (excludes halogenated alkanes) is 1. The number of carbonyl (C=O) groups excluding carboxylic acids is 1. The second kappa shape index (κ2) is 8.23. The van der Waals surface area contributed by atoms with Gasteiger partial charge in [0, 0.05) is 6.42 Å². The Kier molecular flexibility index (Phi) is 7.62. The summed E-state index contributed by atoms with van der Waals surface area (Å²) in [5.41, 5.74) is 5.52. The monoisotopic (exact) mass is 217 g/mol. The van der Waals surface area contributed by atoms with E-state index in [1.165, 1.54) is 0 Å². The zero-order valence-corrected chi connectivity index (χ0v) is 9.07. The number of carbonyl (C=O) groups is 2. The molecule has 0 aromatic rings. The van der Waals surface area contributed by atoms with Gasteiger partial charge in [-0.05, 0) is 19.3 Å². The summed E-state index contributed by atoms with van der Waals surface area (Å²) in [7, 11) is 0. The topological polar surface area (TPSA) is 89.6 Å². The predicted octanol–water partition coefficient (Wildman–Crippen LogP) is 0.912. The lowest BCUT2D eigenvalue weighted by atomic mass is 10.1. The normalized spacial score (nSPS) is 12.1. The molecule has 0 aliphatic rings. The third-order valence-electron chi connectivity index (χ3n) is 1.95. The molecule has 0 rings (SSSR count). The van der Waals surface area contributed by atoms with Crippen LogP contribution >= 0.6 is 0 Å².